The number of methoxy groups -OCH3 is 1. The quantitative estimate of drug-likeness (QED) is 0.352. The number of carbonyl (C=O) groups is 3. The van der Waals surface area contributed by atoms with Gasteiger partial charge in [-0.2, -0.15) is 0 Å². The topological polar surface area (TPSA) is 156 Å². The van der Waals surface area contributed by atoms with Crippen molar-refractivity contribution in [3.05, 3.63) is 77.7 Å². The number of nitrogens with one attached hydrogen (secondary N) is 4. The van der Waals surface area contributed by atoms with Crippen LogP contribution in [0.2, 0.25) is 0 Å². The summed E-state index contributed by atoms with van der Waals surface area (Å²) in [5.41, 5.74) is 4.93. The van der Waals surface area contributed by atoms with E-state index in [1.165, 1.54) is 49.8 Å². The summed E-state index contributed by atoms with van der Waals surface area (Å²) < 4.78 is 37.8. The molecule has 11 nitrogen and oxygen atoms in total. The lowest BCUT2D eigenvalue weighted by atomic mass is 10.2. The first-order valence-electron chi connectivity index (χ1n) is 9.88. The van der Waals surface area contributed by atoms with Gasteiger partial charge in [0.2, 0.25) is 0 Å². The van der Waals surface area contributed by atoms with Gasteiger partial charge in [-0.3, -0.25) is 30.0 Å². The van der Waals surface area contributed by atoms with E-state index in [0.717, 1.165) is 6.07 Å². The van der Waals surface area contributed by atoms with Crippen LogP contribution in [-0.2, 0) is 14.8 Å². The molecule has 2 aromatic carbocycles. The molecule has 4 N–H and O–H groups in total. The minimum atomic E-state index is -3.98. The van der Waals surface area contributed by atoms with Crippen LogP contribution >= 0.6 is 0 Å². The molecule has 0 aliphatic heterocycles. The third-order valence-corrected chi connectivity index (χ3v) is 5.96. The van der Waals surface area contributed by atoms with Crippen LogP contribution in [0.3, 0.4) is 0 Å². The Balaban J connectivity index is 1.56. The van der Waals surface area contributed by atoms with E-state index >= 15 is 0 Å². The molecule has 0 radical (unpaired) electrons. The molecule has 34 heavy (non-hydrogen) atoms. The summed E-state index contributed by atoms with van der Waals surface area (Å²) in [6.07, 6.45) is 1.35. The maximum Gasteiger partial charge on any atom is 0.269 e. The van der Waals surface area contributed by atoms with Gasteiger partial charge in [0.25, 0.3) is 27.7 Å². The van der Waals surface area contributed by atoms with Crippen molar-refractivity contribution in [1.29, 1.82) is 0 Å². The van der Waals surface area contributed by atoms with Crippen molar-refractivity contribution in [1.82, 2.24) is 16.2 Å². The van der Waals surface area contributed by atoms with Gasteiger partial charge in [0.05, 0.1) is 30.4 Å². The maximum atomic E-state index is 12.7. The number of sulfonamides is 1. The third-order valence-electron chi connectivity index (χ3n) is 4.58. The van der Waals surface area contributed by atoms with Crippen LogP contribution in [0.5, 0.6) is 5.75 Å². The Morgan fingerprint density at radius 2 is 1.71 bits per heavy atom. The first-order chi connectivity index (χ1) is 16.2. The summed E-state index contributed by atoms with van der Waals surface area (Å²) in [5.74, 6) is -0.961. The molecule has 1 aromatic heterocycles. The van der Waals surface area contributed by atoms with Gasteiger partial charge in [-0.05, 0) is 55.5 Å². The number of hydrogen-bond acceptors (Lipinski definition) is 7. The summed E-state index contributed by atoms with van der Waals surface area (Å²) in [6, 6.07) is 13.0. The summed E-state index contributed by atoms with van der Waals surface area (Å²) in [4.78, 5) is 36.1. The number of amides is 3. The van der Waals surface area contributed by atoms with Crippen LogP contribution in [0.15, 0.2) is 70.2 Å². The van der Waals surface area contributed by atoms with E-state index in [9.17, 15) is 22.8 Å². The number of carbonyl (C=O) groups excluding carboxylic acids is 3. The molecule has 0 aliphatic rings. The van der Waals surface area contributed by atoms with Crippen molar-refractivity contribution in [2.24, 2.45) is 0 Å². The Morgan fingerprint density at radius 3 is 2.35 bits per heavy atom. The van der Waals surface area contributed by atoms with Gasteiger partial charge in [0, 0.05) is 11.3 Å². The summed E-state index contributed by atoms with van der Waals surface area (Å²) in [6.45, 7) is 1.21. The second-order valence-corrected chi connectivity index (χ2v) is 8.62. The predicted octanol–water partition coefficient (Wildman–Crippen LogP) is 1.59. The molecule has 3 rings (SSSR count). The smallest absolute Gasteiger partial charge is 0.269 e. The van der Waals surface area contributed by atoms with Crippen LogP contribution in [0, 0.1) is 6.92 Å². The van der Waals surface area contributed by atoms with Crippen molar-refractivity contribution >= 4 is 33.4 Å². The Labute approximate surface area is 195 Å². The minimum Gasteiger partial charge on any atom is -0.497 e. The largest absolute Gasteiger partial charge is 0.497 e. The SMILES string of the molecule is COc1ccc(NS(=O)(=O)c2cccc(C(=O)NNC(=O)CNC(=O)c3ccoc3C)c2)cc1. The molecule has 3 amide bonds. The second kappa shape index (κ2) is 10.5. The number of furan rings is 1. The van der Waals surface area contributed by atoms with Gasteiger partial charge in [0.1, 0.15) is 11.5 Å². The monoisotopic (exact) mass is 486 g/mol. The molecule has 178 valence electrons. The molecule has 0 unspecified atom stereocenters. The molecule has 3 aromatic rings. The second-order valence-electron chi connectivity index (χ2n) is 6.94. The predicted molar refractivity (Wildman–Crippen MR) is 122 cm³/mol. The number of anilines is 1. The van der Waals surface area contributed by atoms with Gasteiger partial charge < -0.3 is 14.5 Å². The number of aryl methyl sites for hydroxylation is 1. The van der Waals surface area contributed by atoms with E-state index < -0.39 is 34.3 Å². The number of hydrogen-bond donors (Lipinski definition) is 4. The number of hydrazine groups is 1. The fourth-order valence-electron chi connectivity index (χ4n) is 2.80. The zero-order chi connectivity index (χ0) is 24.7. The molecule has 0 spiro atoms. The lowest BCUT2D eigenvalue weighted by Gasteiger charge is -2.11. The minimum absolute atomic E-state index is 0.00374. The average molecular weight is 487 g/mol. The maximum absolute atomic E-state index is 12.7. The molecule has 0 atom stereocenters. The van der Waals surface area contributed by atoms with E-state index in [2.05, 4.69) is 20.9 Å². The Morgan fingerprint density at radius 1 is 0.971 bits per heavy atom. The Hall–Kier alpha value is -4.32. The summed E-state index contributed by atoms with van der Waals surface area (Å²) >= 11 is 0. The normalized spacial score (nSPS) is 10.8. The molecule has 12 heteroatoms. The molecular weight excluding hydrogens is 464 g/mol. The van der Waals surface area contributed by atoms with Crippen molar-refractivity contribution in [2.45, 2.75) is 11.8 Å². The van der Waals surface area contributed by atoms with Crippen molar-refractivity contribution in [3.8, 4) is 5.75 Å². The van der Waals surface area contributed by atoms with Gasteiger partial charge in [-0.1, -0.05) is 6.07 Å². The van der Waals surface area contributed by atoms with Gasteiger partial charge in [-0.25, -0.2) is 8.42 Å². The molecule has 0 fully saturated rings. The molecule has 0 saturated carbocycles. The van der Waals surface area contributed by atoms with Crippen molar-refractivity contribution < 1.29 is 32.0 Å². The molecule has 1 heterocycles. The third kappa shape index (κ3) is 6.13. The van der Waals surface area contributed by atoms with E-state index in [0.29, 0.717) is 17.2 Å². The van der Waals surface area contributed by atoms with Gasteiger partial charge in [0.15, 0.2) is 0 Å². The van der Waals surface area contributed by atoms with E-state index in [1.807, 2.05) is 0 Å². The van der Waals surface area contributed by atoms with E-state index in [-0.39, 0.29) is 16.0 Å². The van der Waals surface area contributed by atoms with Crippen LogP contribution in [0.4, 0.5) is 5.69 Å². The number of benzene rings is 2. The standard InChI is InChI=1S/C22H22N4O7S/c1-14-19(10-11-33-14)22(29)23-13-20(27)24-25-21(28)15-4-3-5-18(12-15)34(30,31)26-16-6-8-17(32-2)9-7-16/h3-12,26H,13H2,1-2H3,(H,23,29)(H,24,27)(H,25,28). The average Bonchev–Trinajstić information content (AvgIpc) is 3.27. The highest BCUT2D eigenvalue weighted by atomic mass is 32.2. The number of rotatable bonds is 8. The molecular formula is C22H22N4O7S. The first kappa shape index (κ1) is 24.3. The van der Waals surface area contributed by atoms with E-state index in [4.69, 9.17) is 9.15 Å². The lowest BCUT2D eigenvalue weighted by Crippen LogP contribution is -2.46. The fourth-order valence-corrected chi connectivity index (χ4v) is 3.90. The molecule has 0 aliphatic carbocycles. The molecule has 0 saturated heterocycles. The van der Waals surface area contributed by atoms with Gasteiger partial charge >= 0.3 is 0 Å². The highest BCUT2D eigenvalue weighted by Gasteiger charge is 2.17. The molecule has 0 bridgehead atoms. The van der Waals surface area contributed by atoms with Crippen molar-refractivity contribution in [2.75, 3.05) is 18.4 Å². The van der Waals surface area contributed by atoms with Crippen molar-refractivity contribution in [3.63, 3.8) is 0 Å². The van der Waals surface area contributed by atoms with Crippen LogP contribution in [0.25, 0.3) is 0 Å². The van der Waals surface area contributed by atoms with Crippen LogP contribution in [-0.4, -0.2) is 39.8 Å². The zero-order valence-electron chi connectivity index (χ0n) is 18.2. The van der Waals surface area contributed by atoms with E-state index in [1.54, 1.807) is 19.1 Å². The van der Waals surface area contributed by atoms with Crippen LogP contribution in [0.1, 0.15) is 26.5 Å². The lowest BCUT2D eigenvalue weighted by molar-refractivity contribution is -0.120. The Bertz CT molecular complexity index is 1300. The number of ether oxygens (including phenoxy) is 1. The van der Waals surface area contributed by atoms with Crippen LogP contribution < -0.4 is 25.6 Å². The highest BCUT2D eigenvalue weighted by Crippen LogP contribution is 2.20. The highest BCUT2D eigenvalue weighted by molar-refractivity contribution is 7.92. The Kier molecular flexibility index (Phi) is 7.53. The first-order valence-corrected chi connectivity index (χ1v) is 11.4. The zero-order valence-corrected chi connectivity index (χ0v) is 19.1. The fraction of sp³-hybridized carbons (Fsp3) is 0.136. The van der Waals surface area contributed by atoms with Gasteiger partial charge in [-0.15, -0.1) is 0 Å². The summed E-state index contributed by atoms with van der Waals surface area (Å²) in [7, 11) is -2.48. The summed E-state index contributed by atoms with van der Waals surface area (Å²) in [5, 5.41) is 2.39.